The standard InChI is InChI=1S/C19H19ClFN3OS.ClH/c1-12-3-6-14(7-4-12)22-19-24(2)15(11-26-19)10-18(25)23-17-8-5-13(20)9-16(17)21;/h3-9,15H,10-11H2,1-2H3,(H,23,25);1H/b22-19-;. The maximum Gasteiger partial charge on any atom is 0.226 e. The van der Waals surface area contributed by atoms with Gasteiger partial charge in [0, 0.05) is 30.3 Å². The number of hydrogen-bond donors (Lipinski definition) is 1. The Bertz CT molecular complexity index is 845. The number of carbonyl (C=O) groups is 1. The van der Waals surface area contributed by atoms with Crippen molar-refractivity contribution in [1.29, 1.82) is 0 Å². The van der Waals surface area contributed by atoms with Crippen LogP contribution in [0.25, 0.3) is 0 Å². The van der Waals surface area contributed by atoms with E-state index in [1.54, 1.807) is 17.8 Å². The molecule has 0 aromatic heterocycles. The molecular weight excluding hydrogens is 408 g/mol. The van der Waals surface area contributed by atoms with Gasteiger partial charge in [0.05, 0.1) is 11.4 Å². The van der Waals surface area contributed by atoms with Crippen molar-refractivity contribution >= 4 is 58.2 Å². The lowest BCUT2D eigenvalue weighted by Crippen LogP contribution is -2.33. The van der Waals surface area contributed by atoms with E-state index in [9.17, 15) is 9.18 Å². The molecule has 1 amide bonds. The molecule has 0 radical (unpaired) electrons. The van der Waals surface area contributed by atoms with Crippen LogP contribution in [-0.4, -0.2) is 34.8 Å². The molecule has 0 bridgehead atoms. The van der Waals surface area contributed by atoms with Crippen LogP contribution in [0.4, 0.5) is 15.8 Å². The number of nitrogens with zero attached hydrogens (tertiary/aromatic N) is 2. The van der Waals surface area contributed by atoms with Gasteiger partial charge in [0.1, 0.15) is 5.82 Å². The van der Waals surface area contributed by atoms with Gasteiger partial charge in [0.2, 0.25) is 5.91 Å². The molecule has 8 heteroatoms. The highest BCUT2D eigenvalue weighted by molar-refractivity contribution is 8.14. The summed E-state index contributed by atoms with van der Waals surface area (Å²) in [6.45, 7) is 2.03. The molecule has 1 aliphatic heterocycles. The van der Waals surface area contributed by atoms with Crippen LogP contribution in [-0.2, 0) is 4.79 Å². The van der Waals surface area contributed by atoms with Crippen molar-refractivity contribution in [3.63, 3.8) is 0 Å². The Morgan fingerprint density at radius 3 is 2.70 bits per heavy atom. The van der Waals surface area contributed by atoms with E-state index in [2.05, 4.69) is 10.3 Å². The summed E-state index contributed by atoms with van der Waals surface area (Å²) in [4.78, 5) is 18.9. The molecule has 0 spiro atoms. The van der Waals surface area contributed by atoms with E-state index in [0.717, 1.165) is 16.6 Å². The van der Waals surface area contributed by atoms with E-state index < -0.39 is 5.82 Å². The summed E-state index contributed by atoms with van der Waals surface area (Å²) in [5.74, 6) is -0.0144. The van der Waals surface area contributed by atoms with Crippen LogP contribution in [0.15, 0.2) is 47.5 Å². The van der Waals surface area contributed by atoms with Gasteiger partial charge < -0.3 is 10.2 Å². The topological polar surface area (TPSA) is 44.7 Å². The second kappa shape index (κ2) is 9.44. The minimum Gasteiger partial charge on any atom is -0.350 e. The molecule has 3 rings (SSSR count). The molecule has 27 heavy (non-hydrogen) atoms. The molecule has 0 aliphatic carbocycles. The maximum absolute atomic E-state index is 13.8. The predicted octanol–water partition coefficient (Wildman–Crippen LogP) is 5.27. The van der Waals surface area contributed by atoms with E-state index in [1.165, 1.54) is 17.7 Å². The highest BCUT2D eigenvalue weighted by Gasteiger charge is 2.29. The molecule has 1 atom stereocenters. The molecule has 1 heterocycles. The first-order valence-electron chi connectivity index (χ1n) is 8.18. The fourth-order valence-electron chi connectivity index (χ4n) is 2.58. The summed E-state index contributed by atoms with van der Waals surface area (Å²) < 4.78 is 13.8. The Labute approximate surface area is 173 Å². The van der Waals surface area contributed by atoms with E-state index in [-0.39, 0.29) is 36.5 Å². The zero-order chi connectivity index (χ0) is 18.7. The minimum absolute atomic E-state index is 0. The summed E-state index contributed by atoms with van der Waals surface area (Å²) in [6, 6.07) is 12.2. The number of benzene rings is 2. The fourth-order valence-corrected chi connectivity index (χ4v) is 3.95. The number of rotatable bonds is 4. The Balaban J connectivity index is 0.00000261. The Hall–Kier alpha value is -1.76. The number of carbonyl (C=O) groups excluding carboxylic acids is 1. The second-order valence-electron chi connectivity index (χ2n) is 6.18. The number of thioether (sulfide) groups is 1. The van der Waals surface area contributed by atoms with Crippen LogP contribution in [0.5, 0.6) is 0 Å². The number of aliphatic imine (C=N–C) groups is 1. The Kier molecular flexibility index (Phi) is 7.53. The summed E-state index contributed by atoms with van der Waals surface area (Å²) in [6.07, 6.45) is 0.262. The van der Waals surface area contributed by atoms with Gasteiger partial charge in [-0.25, -0.2) is 9.38 Å². The summed E-state index contributed by atoms with van der Waals surface area (Å²) in [5.41, 5.74) is 2.21. The summed E-state index contributed by atoms with van der Waals surface area (Å²) in [5, 5.41) is 3.78. The van der Waals surface area contributed by atoms with Gasteiger partial charge in [-0.2, -0.15) is 0 Å². The van der Waals surface area contributed by atoms with E-state index >= 15 is 0 Å². The zero-order valence-corrected chi connectivity index (χ0v) is 17.3. The number of nitrogens with one attached hydrogen (secondary N) is 1. The molecule has 144 valence electrons. The van der Waals surface area contributed by atoms with Crippen molar-refractivity contribution in [2.45, 2.75) is 19.4 Å². The largest absolute Gasteiger partial charge is 0.350 e. The van der Waals surface area contributed by atoms with Crippen LogP contribution in [0.1, 0.15) is 12.0 Å². The minimum atomic E-state index is -0.540. The monoisotopic (exact) mass is 427 g/mol. The SMILES string of the molecule is Cc1ccc(/N=C2\SCC(CC(=O)Nc3ccc(Cl)cc3F)N2C)cc1.Cl. The number of amides is 1. The van der Waals surface area contributed by atoms with Crippen LogP contribution in [0, 0.1) is 12.7 Å². The van der Waals surface area contributed by atoms with Crippen LogP contribution < -0.4 is 5.32 Å². The second-order valence-corrected chi connectivity index (χ2v) is 7.61. The molecule has 1 N–H and O–H groups in total. The van der Waals surface area contributed by atoms with Gasteiger partial charge in [-0.05, 0) is 37.3 Å². The first-order chi connectivity index (χ1) is 12.4. The van der Waals surface area contributed by atoms with Crippen molar-refractivity contribution in [3.8, 4) is 0 Å². The number of hydrogen-bond acceptors (Lipinski definition) is 3. The van der Waals surface area contributed by atoms with Crippen molar-refractivity contribution in [2.75, 3.05) is 18.1 Å². The van der Waals surface area contributed by atoms with Crippen molar-refractivity contribution in [3.05, 3.63) is 58.9 Å². The number of amidine groups is 1. The predicted molar refractivity (Wildman–Crippen MR) is 114 cm³/mol. The fraction of sp³-hybridized carbons (Fsp3) is 0.263. The molecule has 1 aliphatic rings. The molecule has 2 aromatic carbocycles. The quantitative estimate of drug-likeness (QED) is 0.722. The summed E-state index contributed by atoms with van der Waals surface area (Å²) >= 11 is 7.34. The van der Waals surface area contributed by atoms with E-state index in [4.69, 9.17) is 11.6 Å². The third-order valence-electron chi connectivity index (χ3n) is 4.14. The van der Waals surface area contributed by atoms with Crippen LogP contribution in [0.3, 0.4) is 0 Å². The molecular formula is C19H20Cl2FN3OS. The zero-order valence-electron chi connectivity index (χ0n) is 14.9. The van der Waals surface area contributed by atoms with Gasteiger partial charge in [-0.1, -0.05) is 41.1 Å². The van der Waals surface area contributed by atoms with E-state index in [1.807, 2.05) is 43.1 Å². The van der Waals surface area contributed by atoms with Crippen molar-refractivity contribution in [1.82, 2.24) is 4.90 Å². The average molecular weight is 428 g/mol. The van der Waals surface area contributed by atoms with Gasteiger partial charge in [0.15, 0.2) is 5.17 Å². The third-order valence-corrected chi connectivity index (χ3v) is 5.56. The molecule has 2 aromatic rings. The highest BCUT2D eigenvalue weighted by Crippen LogP contribution is 2.28. The first kappa shape index (κ1) is 21.5. The lowest BCUT2D eigenvalue weighted by molar-refractivity contribution is -0.116. The van der Waals surface area contributed by atoms with Crippen molar-refractivity contribution < 1.29 is 9.18 Å². The number of halogens is 3. The molecule has 4 nitrogen and oxygen atoms in total. The van der Waals surface area contributed by atoms with Crippen molar-refractivity contribution in [2.24, 2.45) is 4.99 Å². The van der Waals surface area contributed by atoms with Crippen LogP contribution in [0.2, 0.25) is 5.02 Å². The third kappa shape index (κ3) is 5.61. The lowest BCUT2D eigenvalue weighted by Gasteiger charge is -2.20. The smallest absolute Gasteiger partial charge is 0.226 e. The van der Waals surface area contributed by atoms with Crippen LogP contribution >= 0.6 is 35.8 Å². The Morgan fingerprint density at radius 2 is 2.04 bits per heavy atom. The maximum atomic E-state index is 13.8. The number of anilines is 1. The highest BCUT2D eigenvalue weighted by atomic mass is 35.5. The van der Waals surface area contributed by atoms with Gasteiger partial charge in [-0.15, -0.1) is 12.4 Å². The Morgan fingerprint density at radius 1 is 1.33 bits per heavy atom. The molecule has 0 saturated carbocycles. The lowest BCUT2D eigenvalue weighted by atomic mass is 10.2. The van der Waals surface area contributed by atoms with Gasteiger partial charge in [0.25, 0.3) is 0 Å². The van der Waals surface area contributed by atoms with Gasteiger partial charge >= 0.3 is 0 Å². The number of aryl methyl sites for hydroxylation is 1. The summed E-state index contributed by atoms with van der Waals surface area (Å²) in [7, 11) is 1.92. The average Bonchev–Trinajstić information content (AvgIpc) is 2.93. The first-order valence-corrected chi connectivity index (χ1v) is 9.54. The molecule has 1 saturated heterocycles. The molecule has 1 unspecified atom stereocenters. The normalized spacial score (nSPS) is 17.7. The van der Waals surface area contributed by atoms with Gasteiger partial charge in [-0.3, -0.25) is 4.79 Å². The van der Waals surface area contributed by atoms with E-state index in [0.29, 0.717) is 5.02 Å². The molecule has 1 fully saturated rings.